The van der Waals surface area contributed by atoms with Crippen molar-refractivity contribution in [1.29, 1.82) is 0 Å². The van der Waals surface area contributed by atoms with Crippen LogP contribution in [0.2, 0.25) is 0 Å². The second-order valence-corrected chi connectivity index (χ2v) is 6.03. The van der Waals surface area contributed by atoms with Gasteiger partial charge in [0.1, 0.15) is 0 Å². The summed E-state index contributed by atoms with van der Waals surface area (Å²) in [5.74, 6) is 0.667. The molecular formula is C17H30N2. The van der Waals surface area contributed by atoms with Gasteiger partial charge >= 0.3 is 0 Å². The van der Waals surface area contributed by atoms with Gasteiger partial charge in [-0.05, 0) is 55.5 Å². The van der Waals surface area contributed by atoms with Gasteiger partial charge in [0.2, 0.25) is 0 Å². The summed E-state index contributed by atoms with van der Waals surface area (Å²) in [6.45, 7) is 16.2. The predicted octanol–water partition coefficient (Wildman–Crippen LogP) is 3.59. The maximum Gasteiger partial charge on any atom is 0.0473 e. The number of aryl methyl sites for hydroxylation is 3. The predicted molar refractivity (Wildman–Crippen MR) is 84.5 cm³/mol. The summed E-state index contributed by atoms with van der Waals surface area (Å²) < 4.78 is 0. The van der Waals surface area contributed by atoms with Crippen molar-refractivity contribution in [3.05, 3.63) is 34.4 Å². The van der Waals surface area contributed by atoms with Gasteiger partial charge in [-0.1, -0.05) is 32.9 Å². The Hall–Kier alpha value is -0.860. The van der Waals surface area contributed by atoms with Gasteiger partial charge in [-0.25, -0.2) is 0 Å². The van der Waals surface area contributed by atoms with Crippen LogP contribution >= 0.6 is 0 Å². The molecule has 2 nitrogen and oxygen atoms in total. The van der Waals surface area contributed by atoms with Crippen molar-refractivity contribution < 1.29 is 0 Å². The standard InChI is InChI=1S/C17H30N2/c1-7-19(11-12(2)3)17(10-18)16-9-14(5)13(4)8-15(16)6/h8-9,12,17H,7,10-11,18H2,1-6H3. The molecule has 0 saturated carbocycles. The summed E-state index contributed by atoms with van der Waals surface area (Å²) in [5, 5.41) is 0. The summed E-state index contributed by atoms with van der Waals surface area (Å²) in [7, 11) is 0. The number of likely N-dealkylation sites (N-methyl/N-ethyl adjacent to an activating group) is 1. The van der Waals surface area contributed by atoms with E-state index in [1.807, 2.05) is 0 Å². The lowest BCUT2D eigenvalue weighted by Gasteiger charge is -2.33. The number of nitrogens with two attached hydrogens (primary N) is 1. The van der Waals surface area contributed by atoms with Gasteiger partial charge < -0.3 is 5.73 Å². The zero-order chi connectivity index (χ0) is 14.6. The molecule has 0 bridgehead atoms. The Labute approximate surface area is 119 Å². The van der Waals surface area contributed by atoms with Gasteiger partial charge in [0, 0.05) is 19.1 Å². The van der Waals surface area contributed by atoms with Crippen LogP contribution in [0, 0.1) is 26.7 Å². The lowest BCUT2D eigenvalue weighted by atomic mass is 9.94. The van der Waals surface area contributed by atoms with E-state index in [4.69, 9.17) is 5.73 Å². The molecule has 1 rings (SSSR count). The van der Waals surface area contributed by atoms with E-state index in [9.17, 15) is 0 Å². The van der Waals surface area contributed by atoms with E-state index in [0.29, 0.717) is 18.5 Å². The van der Waals surface area contributed by atoms with Gasteiger partial charge in [0.25, 0.3) is 0 Å². The minimum atomic E-state index is 0.340. The number of rotatable bonds is 6. The fourth-order valence-electron chi connectivity index (χ4n) is 2.76. The van der Waals surface area contributed by atoms with Crippen LogP contribution in [-0.4, -0.2) is 24.5 Å². The molecule has 1 atom stereocenters. The van der Waals surface area contributed by atoms with Crippen LogP contribution in [0.1, 0.15) is 49.1 Å². The third-order valence-electron chi connectivity index (χ3n) is 3.91. The molecule has 2 N–H and O–H groups in total. The number of nitrogens with zero attached hydrogens (tertiary/aromatic N) is 1. The highest BCUT2D eigenvalue weighted by atomic mass is 15.2. The van der Waals surface area contributed by atoms with Crippen LogP contribution in [-0.2, 0) is 0 Å². The lowest BCUT2D eigenvalue weighted by Crippen LogP contribution is -2.36. The van der Waals surface area contributed by atoms with Crippen molar-refractivity contribution in [3.63, 3.8) is 0 Å². The zero-order valence-electron chi connectivity index (χ0n) is 13.5. The van der Waals surface area contributed by atoms with E-state index in [2.05, 4.69) is 58.6 Å². The van der Waals surface area contributed by atoms with E-state index in [1.165, 1.54) is 22.3 Å². The molecule has 0 aliphatic rings. The highest BCUT2D eigenvalue weighted by Crippen LogP contribution is 2.26. The fourth-order valence-corrected chi connectivity index (χ4v) is 2.76. The van der Waals surface area contributed by atoms with Crippen molar-refractivity contribution in [1.82, 2.24) is 4.90 Å². The van der Waals surface area contributed by atoms with Crippen LogP contribution in [0.25, 0.3) is 0 Å². The van der Waals surface area contributed by atoms with Crippen molar-refractivity contribution >= 4 is 0 Å². The Balaban J connectivity index is 3.11. The molecule has 0 spiro atoms. The van der Waals surface area contributed by atoms with Gasteiger partial charge in [-0.15, -0.1) is 0 Å². The summed E-state index contributed by atoms with van der Waals surface area (Å²) in [4.78, 5) is 2.50. The SMILES string of the molecule is CCN(CC(C)C)C(CN)c1cc(C)c(C)cc1C. The molecule has 1 aromatic rings. The fraction of sp³-hybridized carbons (Fsp3) is 0.647. The van der Waals surface area contributed by atoms with Crippen molar-refractivity contribution in [2.75, 3.05) is 19.6 Å². The Bertz CT molecular complexity index is 410. The first-order valence-corrected chi connectivity index (χ1v) is 7.42. The van der Waals surface area contributed by atoms with E-state index in [-0.39, 0.29) is 0 Å². The van der Waals surface area contributed by atoms with Crippen molar-refractivity contribution in [3.8, 4) is 0 Å². The molecule has 108 valence electrons. The Kier molecular flexibility index (Phi) is 6.02. The van der Waals surface area contributed by atoms with Crippen LogP contribution in [0.15, 0.2) is 12.1 Å². The molecule has 1 aromatic carbocycles. The van der Waals surface area contributed by atoms with E-state index < -0.39 is 0 Å². The summed E-state index contributed by atoms with van der Waals surface area (Å²) >= 11 is 0. The van der Waals surface area contributed by atoms with Crippen molar-refractivity contribution in [2.45, 2.75) is 47.6 Å². The Morgan fingerprint density at radius 2 is 1.63 bits per heavy atom. The Morgan fingerprint density at radius 3 is 2.11 bits per heavy atom. The molecule has 0 aromatic heterocycles. The molecule has 0 saturated heterocycles. The highest BCUT2D eigenvalue weighted by molar-refractivity contribution is 5.38. The van der Waals surface area contributed by atoms with Gasteiger partial charge in [-0.2, -0.15) is 0 Å². The first-order valence-electron chi connectivity index (χ1n) is 7.42. The van der Waals surface area contributed by atoms with E-state index >= 15 is 0 Å². The van der Waals surface area contributed by atoms with E-state index in [1.54, 1.807) is 0 Å². The van der Waals surface area contributed by atoms with Gasteiger partial charge in [-0.3, -0.25) is 4.90 Å². The second-order valence-electron chi connectivity index (χ2n) is 6.03. The monoisotopic (exact) mass is 262 g/mol. The second kappa shape index (κ2) is 7.06. The van der Waals surface area contributed by atoms with Crippen LogP contribution in [0.4, 0.5) is 0 Å². The van der Waals surface area contributed by atoms with E-state index in [0.717, 1.165) is 13.1 Å². The zero-order valence-corrected chi connectivity index (χ0v) is 13.5. The largest absolute Gasteiger partial charge is 0.329 e. The summed E-state index contributed by atoms with van der Waals surface area (Å²) in [6.07, 6.45) is 0. The third-order valence-corrected chi connectivity index (χ3v) is 3.91. The number of hydrogen-bond acceptors (Lipinski definition) is 2. The van der Waals surface area contributed by atoms with Gasteiger partial charge in [0.05, 0.1) is 0 Å². The molecular weight excluding hydrogens is 232 g/mol. The topological polar surface area (TPSA) is 29.3 Å². The average Bonchev–Trinajstić information content (AvgIpc) is 2.34. The molecule has 0 radical (unpaired) electrons. The number of hydrogen-bond donors (Lipinski definition) is 1. The maximum atomic E-state index is 6.07. The first-order chi connectivity index (χ1) is 8.90. The first kappa shape index (κ1) is 16.2. The van der Waals surface area contributed by atoms with Crippen LogP contribution < -0.4 is 5.73 Å². The molecule has 19 heavy (non-hydrogen) atoms. The summed E-state index contributed by atoms with van der Waals surface area (Å²) in [5.41, 5.74) is 11.6. The molecule has 0 aliphatic carbocycles. The van der Waals surface area contributed by atoms with Crippen LogP contribution in [0.3, 0.4) is 0 Å². The lowest BCUT2D eigenvalue weighted by molar-refractivity contribution is 0.189. The van der Waals surface area contributed by atoms with Gasteiger partial charge in [0.15, 0.2) is 0 Å². The molecule has 1 unspecified atom stereocenters. The smallest absolute Gasteiger partial charge is 0.0473 e. The minimum Gasteiger partial charge on any atom is -0.329 e. The average molecular weight is 262 g/mol. The maximum absolute atomic E-state index is 6.07. The molecule has 0 aliphatic heterocycles. The normalized spacial score (nSPS) is 13.3. The molecule has 0 heterocycles. The summed E-state index contributed by atoms with van der Waals surface area (Å²) in [6, 6.07) is 4.95. The third kappa shape index (κ3) is 4.05. The molecule has 2 heteroatoms. The minimum absolute atomic E-state index is 0.340. The molecule has 0 fully saturated rings. The quantitative estimate of drug-likeness (QED) is 0.849. The number of benzene rings is 1. The molecule has 0 amide bonds. The van der Waals surface area contributed by atoms with Crippen molar-refractivity contribution in [2.24, 2.45) is 11.7 Å². The highest BCUT2D eigenvalue weighted by Gasteiger charge is 2.20. The Morgan fingerprint density at radius 1 is 1.05 bits per heavy atom. The van der Waals surface area contributed by atoms with Crippen LogP contribution in [0.5, 0.6) is 0 Å².